The number of benzene rings is 1. The Labute approximate surface area is 120 Å². The van der Waals surface area contributed by atoms with Crippen molar-refractivity contribution >= 4 is 5.97 Å². The molecule has 0 amide bonds. The summed E-state index contributed by atoms with van der Waals surface area (Å²) in [7, 11) is 0. The highest BCUT2D eigenvalue weighted by Gasteiger charge is 2.25. The molecule has 20 heavy (non-hydrogen) atoms. The van der Waals surface area contributed by atoms with Gasteiger partial charge >= 0.3 is 5.97 Å². The van der Waals surface area contributed by atoms with Gasteiger partial charge in [0.1, 0.15) is 11.5 Å². The van der Waals surface area contributed by atoms with Crippen LogP contribution in [0, 0.1) is 5.41 Å². The van der Waals surface area contributed by atoms with Gasteiger partial charge in [-0.15, -0.1) is 0 Å². The summed E-state index contributed by atoms with van der Waals surface area (Å²) in [4.78, 5) is 11.0. The summed E-state index contributed by atoms with van der Waals surface area (Å²) < 4.78 is 11.0. The lowest BCUT2D eigenvalue weighted by Crippen LogP contribution is -2.23. The molecule has 1 rings (SSSR count). The molecule has 0 atom stereocenters. The van der Waals surface area contributed by atoms with Gasteiger partial charge in [-0.3, -0.25) is 4.79 Å². The van der Waals surface area contributed by atoms with Gasteiger partial charge in [-0.2, -0.15) is 0 Å². The van der Waals surface area contributed by atoms with Crippen LogP contribution in [0.5, 0.6) is 11.5 Å². The number of ether oxygens (including phenoxy) is 2. The Balaban J connectivity index is 2.28. The molecule has 0 bridgehead atoms. The third-order valence-electron chi connectivity index (χ3n) is 3.16. The minimum atomic E-state index is -0.747. The van der Waals surface area contributed by atoms with Gasteiger partial charge in [0, 0.05) is 6.07 Å². The van der Waals surface area contributed by atoms with Gasteiger partial charge in [0.05, 0.1) is 18.6 Å². The van der Waals surface area contributed by atoms with Gasteiger partial charge in [-0.25, -0.2) is 0 Å². The van der Waals surface area contributed by atoms with Crippen molar-refractivity contribution in [1.82, 2.24) is 0 Å². The number of hydrogen-bond donors (Lipinski definition) is 1. The van der Waals surface area contributed by atoms with Gasteiger partial charge in [-0.05, 0) is 52.2 Å². The van der Waals surface area contributed by atoms with Gasteiger partial charge < -0.3 is 14.6 Å². The molecule has 112 valence electrons. The Hall–Kier alpha value is -1.71. The van der Waals surface area contributed by atoms with E-state index in [0.29, 0.717) is 19.6 Å². The van der Waals surface area contributed by atoms with Crippen molar-refractivity contribution < 1.29 is 19.4 Å². The number of aliphatic carboxylic acids is 1. The lowest BCUT2D eigenvalue weighted by Gasteiger charge is -2.18. The highest BCUT2D eigenvalue weighted by molar-refractivity contribution is 5.73. The molecule has 0 heterocycles. The average Bonchev–Trinajstić information content (AvgIpc) is 2.39. The topological polar surface area (TPSA) is 55.8 Å². The van der Waals surface area contributed by atoms with Crippen molar-refractivity contribution in [3.8, 4) is 11.5 Å². The molecule has 4 heteroatoms. The van der Waals surface area contributed by atoms with Crippen LogP contribution < -0.4 is 9.47 Å². The molecular formula is C16H24O4. The third-order valence-corrected chi connectivity index (χ3v) is 3.16. The van der Waals surface area contributed by atoms with E-state index < -0.39 is 11.4 Å². The summed E-state index contributed by atoms with van der Waals surface area (Å²) >= 11 is 0. The Morgan fingerprint density at radius 1 is 1.20 bits per heavy atom. The maximum Gasteiger partial charge on any atom is 0.309 e. The van der Waals surface area contributed by atoms with Gasteiger partial charge in [0.15, 0.2) is 0 Å². The van der Waals surface area contributed by atoms with Crippen LogP contribution in [0.1, 0.15) is 40.0 Å². The Morgan fingerprint density at radius 3 is 2.45 bits per heavy atom. The van der Waals surface area contributed by atoms with Crippen molar-refractivity contribution in [2.45, 2.75) is 40.0 Å². The third kappa shape index (κ3) is 5.51. The zero-order chi connectivity index (χ0) is 15.0. The normalized spacial score (nSPS) is 11.2. The number of unbranched alkanes of at least 4 members (excludes halogenated alkanes) is 1. The van der Waals surface area contributed by atoms with E-state index in [1.807, 2.05) is 31.2 Å². The number of carboxylic acids is 1. The van der Waals surface area contributed by atoms with Crippen LogP contribution in [0.15, 0.2) is 24.3 Å². The van der Waals surface area contributed by atoms with Crippen LogP contribution in [-0.2, 0) is 4.79 Å². The molecule has 0 saturated heterocycles. The quantitative estimate of drug-likeness (QED) is 0.700. The lowest BCUT2D eigenvalue weighted by molar-refractivity contribution is -0.147. The van der Waals surface area contributed by atoms with Crippen LogP contribution in [0.4, 0.5) is 0 Å². The smallest absolute Gasteiger partial charge is 0.309 e. The standard InChI is InChI=1S/C16H24O4/c1-4-19-13-8-7-9-14(12-13)20-11-6-5-10-16(2,3)15(17)18/h7-9,12H,4-6,10-11H2,1-3H3,(H,17,18). The van der Waals surface area contributed by atoms with Gasteiger partial charge in [0.2, 0.25) is 0 Å². The molecule has 0 spiro atoms. The van der Waals surface area contributed by atoms with E-state index in [1.54, 1.807) is 13.8 Å². The van der Waals surface area contributed by atoms with Gasteiger partial charge in [-0.1, -0.05) is 6.07 Å². The Bertz CT molecular complexity index is 426. The molecule has 0 fully saturated rings. The summed E-state index contributed by atoms with van der Waals surface area (Å²) in [6.45, 7) is 6.67. The van der Waals surface area contributed by atoms with Gasteiger partial charge in [0.25, 0.3) is 0 Å². The fourth-order valence-electron chi connectivity index (χ4n) is 1.79. The second-order valence-electron chi connectivity index (χ2n) is 5.40. The Morgan fingerprint density at radius 2 is 1.85 bits per heavy atom. The number of carboxylic acid groups (broad SMARTS) is 1. The molecule has 0 unspecified atom stereocenters. The van der Waals surface area contributed by atoms with E-state index in [2.05, 4.69) is 0 Å². The zero-order valence-corrected chi connectivity index (χ0v) is 12.5. The predicted octanol–water partition coefficient (Wildman–Crippen LogP) is 3.75. The molecule has 1 N–H and O–H groups in total. The van der Waals surface area contributed by atoms with Crippen LogP contribution >= 0.6 is 0 Å². The summed E-state index contributed by atoms with van der Waals surface area (Å²) in [5, 5.41) is 9.01. The molecule has 0 aliphatic carbocycles. The maximum atomic E-state index is 11.0. The van der Waals surface area contributed by atoms with E-state index in [4.69, 9.17) is 14.6 Å². The fraction of sp³-hybridized carbons (Fsp3) is 0.562. The zero-order valence-electron chi connectivity index (χ0n) is 12.5. The van der Waals surface area contributed by atoms with E-state index in [-0.39, 0.29) is 0 Å². The monoisotopic (exact) mass is 280 g/mol. The first-order valence-electron chi connectivity index (χ1n) is 7.05. The minimum Gasteiger partial charge on any atom is -0.494 e. The number of rotatable bonds is 9. The SMILES string of the molecule is CCOc1cccc(OCCCCC(C)(C)C(=O)O)c1. The molecule has 4 nitrogen and oxygen atoms in total. The van der Waals surface area contributed by atoms with E-state index >= 15 is 0 Å². The lowest BCUT2D eigenvalue weighted by atomic mass is 9.87. The molecule has 0 aliphatic rings. The highest BCUT2D eigenvalue weighted by Crippen LogP contribution is 2.24. The first-order chi connectivity index (χ1) is 9.45. The molecule has 1 aromatic rings. The van der Waals surface area contributed by atoms with Crippen molar-refractivity contribution in [2.75, 3.05) is 13.2 Å². The van der Waals surface area contributed by atoms with Crippen molar-refractivity contribution in [2.24, 2.45) is 5.41 Å². The van der Waals surface area contributed by atoms with E-state index in [0.717, 1.165) is 24.3 Å². The maximum absolute atomic E-state index is 11.0. The molecule has 0 saturated carbocycles. The molecule has 0 radical (unpaired) electrons. The average molecular weight is 280 g/mol. The van der Waals surface area contributed by atoms with Crippen LogP contribution in [-0.4, -0.2) is 24.3 Å². The first kappa shape index (κ1) is 16.3. The molecule has 0 aromatic heterocycles. The largest absolute Gasteiger partial charge is 0.494 e. The molecule has 1 aromatic carbocycles. The summed E-state index contributed by atoms with van der Waals surface area (Å²) in [5.74, 6) is 0.841. The fourth-order valence-corrected chi connectivity index (χ4v) is 1.79. The van der Waals surface area contributed by atoms with E-state index in [1.165, 1.54) is 0 Å². The van der Waals surface area contributed by atoms with Crippen LogP contribution in [0.25, 0.3) is 0 Å². The number of hydrogen-bond acceptors (Lipinski definition) is 3. The Kier molecular flexibility index (Phi) is 6.36. The first-order valence-corrected chi connectivity index (χ1v) is 7.05. The molecular weight excluding hydrogens is 256 g/mol. The van der Waals surface area contributed by atoms with Crippen LogP contribution in [0.3, 0.4) is 0 Å². The summed E-state index contributed by atoms with van der Waals surface area (Å²) in [6, 6.07) is 7.55. The predicted molar refractivity (Wildman–Crippen MR) is 78.4 cm³/mol. The molecule has 0 aliphatic heterocycles. The van der Waals surface area contributed by atoms with Crippen LogP contribution in [0.2, 0.25) is 0 Å². The van der Waals surface area contributed by atoms with Crippen molar-refractivity contribution in [3.63, 3.8) is 0 Å². The number of carbonyl (C=O) groups is 1. The summed E-state index contributed by atoms with van der Waals surface area (Å²) in [5.41, 5.74) is -0.658. The van der Waals surface area contributed by atoms with Crippen molar-refractivity contribution in [1.29, 1.82) is 0 Å². The minimum absolute atomic E-state index is 0.589. The second kappa shape index (κ2) is 7.78. The van der Waals surface area contributed by atoms with Crippen molar-refractivity contribution in [3.05, 3.63) is 24.3 Å². The highest BCUT2D eigenvalue weighted by atomic mass is 16.5. The van der Waals surface area contributed by atoms with E-state index in [9.17, 15) is 4.79 Å². The summed E-state index contributed by atoms with van der Waals surface area (Å²) in [6.07, 6.45) is 2.34. The second-order valence-corrected chi connectivity index (χ2v) is 5.40.